The number of aryl methyl sites for hydroxylation is 2. The lowest BCUT2D eigenvalue weighted by molar-refractivity contribution is -0.128. The first-order valence-corrected chi connectivity index (χ1v) is 11.5. The minimum atomic E-state index is -0.407. The minimum absolute atomic E-state index is 0.0122. The zero-order valence-electron chi connectivity index (χ0n) is 17.8. The van der Waals surface area contributed by atoms with Crippen molar-refractivity contribution in [3.05, 3.63) is 86.7 Å². The number of fused-ring (bicyclic) bond motifs is 1. The molecule has 0 fully saturated rings. The molecular formula is C24H21ClN4O3S. The molecule has 2 N–H and O–H groups in total. The summed E-state index contributed by atoms with van der Waals surface area (Å²) in [4.78, 5) is 42.3. The molecule has 2 aromatic carbocycles. The van der Waals surface area contributed by atoms with E-state index < -0.39 is 5.91 Å². The van der Waals surface area contributed by atoms with Crippen molar-refractivity contribution in [2.24, 2.45) is 0 Å². The lowest BCUT2D eigenvalue weighted by Crippen LogP contribution is -2.42. The molecule has 0 aliphatic carbocycles. The summed E-state index contributed by atoms with van der Waals surface area (Å²) in [5.74, 6) is -0.762. The van der Waals surface area contributed by atoms with Crippen molar-refractivity contribution in [2.75, 3.05) is 0 Å². The van der Waals surface area contributed by atoms with Crippen LogP contribution in [0.25, 0.3) is 21.3 Å². The van der Waals surface area contributed by atoms with Crippen LogP contribution in [0.2, 0.25) is 5.02 Å². The number of rotatable bonds is 6. The van der Waals surface area contributed by atoms with Crippen molar-refractivity contribution >= 4 is 45.0 Å². The Morgan fingerprint density at radius 1 is 1.03 bits per heavy atom. The fourth-order valence-electron chi connectivity index (χ4n) is 3.33. The molecule has 0 saturated carbocycles. The molecule has 2 heterocycles. The first-order valence-electron chi connectivity index (χ1n) is 10.3. The van der Waals surface area contributed by atoms with Gasteiger partial charge in [0.2, 0.25) is 11.8 Å². The second-order valence-electron chi connectivity index (χ2n) is 7.59. The van der Waals surface area contributed by atoms with Crippen LogP contribution in [0.3, 0.4) is 0 Å². The Morgan fingerprint density at radius 3 is 2.45 bits per heavy atom. The van der Waals surface area contributed by atoms with Gasteiger partial charge in [-0.3, -0.25) is 29.8 Å². The van der Waals surface area contributed by atoms with Crippen LogP contribution in [0.15, 0.2) is 65.0 Å². The number of hydrogen-bond acceptors (Lipinski definition) is 5. The standard InChI is InChI=1S/C24H21ClN4O3S/c1-15-2-6-17(7-3-15)19-13-33-23-22(19)24(32)29(14-26-23)11-10-20(30)27-28-21(31)12-16-4-8-18(25)9-5-16/h2-9,13-14H,10-12H2,1H3,(H,27,30)(H,28,31). The molecule has 0 unspecified atom stereocenters. The van der Waals surface area contributed by atoms with E-state index in [0.717, 1.165) is 22.3 Å². The Labute approximate surface area is 199 Å². The third-order valence-corrected chi connectivity index (χ3v) is 6.26. The van der Waals surface area contributed by atoms with Crippen molar-refractivity contribution in [3.63, 3.8) is 0 Å². The van der Waals surface area contributed by atoms with Crippen molar-refractivity contribution in [1.29, 1.82) is 0 Å². The van der Waals surface area contributed by atoms with Gasteiger partial charge in [0.05, 0.1) is 18.1 Å². The van der Waals surface area contributed by atoms with E-state index in [2.05, 4.69) is 15.8 Å². The highest BCUT2D eigenvalue weighted by atomic mass is 35.5. The molecule has 2 amide bonds. The Balaban J connectivity index is 1.38. The van der Waals surface area contributed by atoms with Crippen LogP contribution in [0, 0.1) is 6.92 Å². The van der Waals surface area contributed by atoms with E-state index in [1.165, 1.54) is 22.2 Å². The number of nitrogens with zero attached hydrogens (tertiary/aromatic N) is 2. The van der Waals surface area contributed by atoms with Gasteiger partial charge in [-0.25, -0.2) is 4.98 Å². The van der Waals surface area contributed by atoms with Gasteiger partial charge in [0, 0.05) is 28.9 Å². The smallest absolute Gasteiger partial charge is 0.262 e. The predicted octanol–water partition coefficient (Wildman–Crippen LogP) is 3.87. The molecule has 9 heteroatoms. The zero-order valence-corrected chi connectivity index (χ0v) is 19.4. The number of aromatic nitrogens is 2. The number of halogens is 1. The average molecular weight is 481 g/mol. The first kappa shape index (κ1) is 22.7. The first-order chi connectivity index (χ1) is 15.9. The maximum absolute atomic E-state index is 13.1. The van der Waals surface area contributed by atoms with E-state index in [-0.39, 0.29) is 30.9 Å². The summed E-state index contributed by atoms with van der Waals surface area (Å²) in [6.45, 7) is 2.15. The van der Waals surface area contributed by atoms with Crippen LogP contribution in [-0.2, 0) is 22.6 Å². The molecule has 4 rings (SSSR count). The zero-order chi connectivity index (χ0) is 23.4. The molecule has 2 aromatic heterocycles. The molecule has 0 bridgehead atoms. The van der Waals surface area contributed by atoms with Gasteiger partial charge >= 0.3 is 0 Å². The summed E-state index contributed by atoms with van der Waals surface area (Å²) < 4.78 is 1.42. The molecule has 4 aromatic rings. The van der Waals surface area contributed by atoms with E-state index in [1.54, 1.807) is 24.3 Å². The van der Waals surface area contributed by atoms with Gasteiger partial charge < -0.3 is 0 Å². The molecule has 33 heavy (non-hydrogen) atoms. The Hall–Kier alpha value is -3.49. The number of hydrazine groups is 1. The van der Waals surface area contributed by atoms with Gasteiger partial charge in [-0.2, -0.15) is 0 Å². The van der Waals surface area contributed by atoms with Crippen LogP contribution in [0.5, 0.6) is 0 Å². The average Bonchev–Trinajstić information content (AvgIpc) is 3.24. The van der Waals surface area contributed by atoms with E-state index in [4.69, 9.17) is 11.6 Å². The highest BCUT2D eigenvalue weighted by Crippen LogP contribution is 2.30. The summed E-state index contributed by atoms with van der Waals surface area (Å²) in [6, 6.07) is 14.8. The molecule has 0 atom stereocenters. The second kappa shape index (κ2) is 9.97. The van der Waals surface area contributed by atoms with Crippen molar-refractivity contribution in [2.45, 2.75) is 26.3 Å². The Bertz CT molecular complexity index is 1360. The molecule has 0 aliphatic heterocycles. The number of nitrogens with one attached hydrogen (secondary N) is 2. The van der Waals surface area contributed by atoms with Gasteiger partial charge in [-0.05, 0) is 30.2 Å². The largest absolute Gasteiger partial charge is 0.298 e. The van der Waals surface area contributed by atoms with Gasteiger partial charge in [-0.1, -0.05) is 53.6 Å². The summed E-state index contributed by atoms with van der Waals surface area (Å²) in [5, 5.41) is 3.06. The number of amides is 2. The molecular weight excluding hydrogens is 460 g/mol. The third kappa shape index (κ3) is 5.47. The highest BCUT2D eigenvalue weighted by Gasteiger charge is 2.14. The Morgan fingerprint density at radius 2 is 1.73 bits per heavy atom. The number of benzene rings is 2. The fourth-order valence-corrected chi connectivity index (χ4v) is 4.36. The monoisotopic (exact) mass is 480 g/mol. The summed E-state index contributed by atoms with van der Waals surface area (Å²) in [5.41, 5.74) is 8.26. The normalized spacial score (nSPS) is 10.8. The number of carbonyl (C=O) groups excluding carboxylic acids is 2. The van der Waals surface area contributed by atoms with Gasteiger partial charge in [0.1, 0.15) is 4.83 Å². The maximum Gasteiger partial charge on any atom is 0.262 e. The van der Waals surface area contributed by atoms with Crippen molar-refractivity contribution < 1.29 is 9.59 Å². The molecule has 0 aliphatic rings. The predicted molar refractivity (Wildman–Crippen MR) is 130 cm³/mol. The SMILES string of the molecule is Cc1ccc(-c2csc3ncn(CCC(=O)NNC(=O)Cc4ccc(Cl)cc4)c(=O)c23)cc1. The Kier molecular flexibility index (Phi) is 6.86. The fraction of sp³-hybridized carbons (Fsp3) is 0.167. The van der Waals surface area contributed by atoms with E-state index >= 15 is 0 Å². The van der Waals surface area contributed by atoms with E-state index in [1.807, 2.05) is 36.6 Å². The van der Waals surface area contributed by atoms with Crippen LogP contribution in [-0.4, -0.2) is 21.4 Å². The number of carbonyl (C=O) groups is 2. The number of hydrogen-bond donors (Lipinski definition) is 2. The minimum Gasteiger partial charge on any atom is -0.298 e. The maximum atomic E-state index is 13.1. The highest BCUT2D eigenvalue weighted by molar-refractivity contribution is 7.17. The molecule has 0 saturated heterocycles. The van der Waals surface area contributed by atoms with Gasteiger partial charge in [0.25, 0.3) is 5.56 Å². The van der Waals surface area contributed by atoms with Gasteiger partial charge in [-0.15, -0.1) is 11.3 Å². The second-order valence-corrected chi connectivity index (χ2v) is 8.88. The summed E-state index contributed by atoms with van der Waals surface area (Å²) in [6.07, 6.45) is 1.57. The van der Waals surface area contributed by atoms with Crippen LogP contribution in [0.1, 0.15) is 17.5 Å². The van der Waals surface area contributed by atoms with Crippen LogP contribution in [0.4, 0.5) is 0 Å². The summed E-state index contributed by atoms with van der Waals surface area (Å²) in [7, 11) is 0. The third-order valence-electron chi connectivity index (χ3n) is 5.12. The molecule has 0 radical (unpaired) electrons. The molecule has 7 nitrogen and oxygen atoms in total. The quantitative estimate of drug-likeness (QED) is 0.410. The van der Waals surface area contributed by atoms with Crippen molar-refractivity contribution in [1.82, 2.24) is 20.4 Å². The van der Waals surface area contributed by atoms with E-state index in [0.29, 0.717) is 15.2 Å². The van der Waals surface area contributed by atoms with E-state index in [9.17, 15) is 14.4 Å². The van der Waals surface area contributed by atoms with Crippen molar-refractivity contribution in [3.8, 4) is 11.1 Å². The van der Waals surface area contributed by atoms with Crippen LogP contribution >= 0.6 is 22.9 Å². The van der Waals surface area contributed by atoms with Crippen LogP contribution < -0.4 is 16.4 Å². The molecule has 168 valence electrons. The lowest BCUT2D eigenvalue weighted by Gasteiger charge is -2.09. The van der Waals surface area contributed by atoms with Gasteiger partial charge in [0.15, 0.2) is 0 Å². The number of thiophene rings is 1. The summed E-state index contributed by atoms with van der Waals surface area (Å²) >= 11 is 7.25. The molecule has 0 spiro atoms. The lowest BCUT2D eigenvalue weighted by atomic mass is 10.1. The topological polar surface area (TPSA) is 93.1 Å².